The number of aliphatic carboxylic acids is 1. The smallest absolute Gasteiger partial charge is 0.416 e. The van der Waals surface area contributed by atoms with Crippen LogP contribution >= 0.6 is 23.2 Å². The average molecular weight is 1580 g/mol. The second kappa shape index (κ2) is 36.5. The van der Waals surface area contributed by atoms with Gasteiger partial charge in [-0.1, -0.05) is 77.8 Å². The minimum absolute atomic E-state index is 0.0671. The number of carbonyl (C=O) groups excluding carboxylic acids is 1. The maximum Gasteiger partial charge on any atom is 0.416 e. The predicted molar refractivity (Wildman–Crippen MR) is 401 cm³/mol. The molecule has 1 amide bonds. The van der Waals surface area contributed by atoms with Crippen LogP contribution in [0.4, 0.5) is 86.8 Å². The second-order valence-corrected chi connectivity index (χ2v) is 26.9. The maximum atomic E-state index is 13.9. The fraction of sp³-hybridized carbons (Fsp3) is 0.309. The summed E-state index contributed by atoms with van der Waals surface area (Å²) in [4.78, 5) is 29.0. The summed E-state index contributed by atoms with van der Waals surface area (Å²) in [5.41, 5.74) is 9.49. The Morgan fingerprint density at radius 1 is 0.473 bits per heavy atom. The molecule has 29 heteroatoms. The van der Waals surface area contributed by atoms with E-state index < -0.39 is 70.9 Å². The van der Waals surface area contributed by atoms with E-state index in [0.29, 0.717) is 85.4 Å². The predicted octanol–water partition coefficient (Wildman–Crippen LogP) is 19.3. The molecule has 586 valence electrons. The van der Waals surface area contributed by atoms with E-state index in [4.69, 9.17) is 52.4 Å². The van der Waals surface area contributed by atoms with Gasteiger partial charge in [0.15, 0.2) is 6.04 Å². The zero-order valence-electron chi connectivity index (χ0n) is 60.4. The number of hydrogen-bond acceptors (Lipinski definition) is 13. The van der Waals surface area contributed by atoms with Crippen LogP contribution in [0.25, 0.3) is 0 Å². The van der Waals surface area contributed by atoms with Gasteiger partial charge >= 0.3 is 30.7 Å². The van der Waals surface area contributed by atoms with Crippen molar-refractivity contribution in [2.24, 2.45) is 0 Å². The zero-order valence-corrected chi connectivity index (χ0v) is 61.9. The van der Waals surface area contributed by atoms with Crippen LogP contribution in [-0.4, -0.2) is 94.0 Å². The molecule has 0 saturated carbocycles. The van der Waals surface area contributed by atoms with Gasteiger partial charge in [0.05, 0.1) is 49.7 Å². The second-order valence-electron chi connectivity index (χ2n) is 26.0. The van der Waals surface area contributed by atoms with Crippen LogP contribution in [0.3, 0.4) is 0 Å². The van der Waals surface area contributed by atoms with Crippen molar-refractivity contribution in [2.45, 2.75) is 96.7 Å². The lowest BCUT2D eigenvalue weighted by Crippen LogP contribution is -2.37. The monoisotopic (exact) mass is 1580 g/mol. The van der Waals surface area contributed by atoms with E-state index in [1.165, 1.54) is 55.5 Å². The summed E-state index contributed by atoms with van der Waals surface area (Å²) in [7, 11) is 2.99. The van der Waals surface area contributed by atoms with E-state index in [2.05, 4.69) is 21.3 Å². The molecule has 13 rings (SSSR count). The summed E-state index contributed by atoms with van der Waals surface area (Å²) >= 11 is 11.9. The van der Waals surface area contributed by atoms with Crippen molar-refractivity contribution in [2.75, 3.05) is 97.9 Å². The van der Waals surface area contributed by atoms with Crippen LogP contribution in [0, 0.1) is 27.7 Å². The van der Waals surface area contributed by atoms with Gasteiger partial charge in [-0.15, -0.1) is 0 Å². The number of methoxy groups -OCH3 is 2. The van der Waals surface area contributed by atoms with E-state index in [1.807, 2.05) is 35.2 Å². The van der Waals surface area contributed by atoms with Gasteiger partial charge in [-0.3, -0.25) is 4.79 Å². The van der Waals surface area contributed by atoms with Crippen molar-refractivity contribution in [1.29, 1.82) is 0 Å². The van der Waals surface area contributed by atoms with Gasteiger partial charge in [0.1, 0.15) is 42.3 Å². The first-order chi connectivity index (χ1) is 52.0. The molecule has 110 heavy (non-hydrogen) atoms. The standard InChI is InChI=1S/C27H26ClF3N2O4.C17H18ClNO5.C17H16F3N.2C10H10F3N/c1-16-11-18(27(29,30)31)12-24-23(16)7-8-33(24)26(35)25(17-3-5-19(28)6-4-17)32-20-13-21(36-2)15-22(14-20)37-10-9-34;1-23-14-8-13(9-15(10-14)24-7-6-20)19-16(17(21)22)11-2-4-12(18)5-3-11;1-12-9-14(17(18,19)20)10-16-15(12)7-8-21(16)11-13-5-3-2-4-6-13;2*1-6-4-7(10(11,12)13)5-9-8(6)2-3-14-9/h3-6,11-15,25,32,34H,7-10H2,1-2H3;2-5,8-10,16,19-20H,6-7H2,1H3,(H,21,22);2-6,9-10H,7-8,11H2,1H3;2*4-5,14H,2-3H2,1H3. The quantitative estimate of drug-likeness (QED) is 0.0402. The molecule has 2 atom stereocenters. The largest absolute Gasteiger partial charge is 0.497 e. The first-order valence-electron chi connectivity index (χ1n) is 34.6. The highest BCUT2D eigenvalue weighted by Crippen LogP contribution is 2.44. The number of aliphatic hydroxyl groups is 2. The number of aliphatic hydroxyl groups excluding tert-OH is 2. The number of carboxylic acids is 1. The Labute approximate surface area is 637 Å². The highest BCUT2D eigenvalue weighted by atomic mass is 35.5. The Hall–Kier alpha value is -10.2. The molecular weight excluding hydrogens is 1500 g/mol. The number of carboxylic acid groups (broad SMARTS) is 1. The Morgan fingerprint density at radius 2 is 0.855 bits per heavy atom. The number of rotatable bonds is 18. The molecule has 0 bridgehead atoms. The van der Waals surface area contributed by atoms with Crippen LogP contribution < -0.4 is 50.0 Å². The number of alkyl halides is 12. The summed E-state index contributed by atoms with van der Waals surface area (Å²) in [6, 6.07) is 40.6. The molecule has 9 aromatic rings. The van der Waals surface area contributed by atoms with Crippen molar-refractivity contribution in [3.8, 4) is 23.0 Å². The molecule has 7 N–H and O–H groups in total. The number of fused-ring (bicyclic) bond motifs is 4. The molecule has 0 aliphatic carbocycles. The van der Waals surface area contributed by atoms with Gasteiger partial charge in [-0.25, -0.2) is 4.79 Å². The fourth-order valence-electron chi connectivity index (χ4n) is 13.0. The molecule has 0 spiro atoms. The number of nitrogens with one attached hydrogen (secondary N) is 4. The molecule has 15 nitrogen and oxygen atoms in total. The molecule has 0 fully saturated rings. The van der Waals surface area contributed by atoms with Crippen molar-refractivity contribution >= 4 is 69.2 Å². The topological polar surface area (TPSA) is 186 Å². The third kappa shape index (κ3) is 22.1. The molecule has 0 saturated heterocycles. The molecular formula is C81H80Cl2F12N6O9. The molecule has 2 unspecified atom stereocenters. The van der Waals surface area contributed by atoms with E-state index in [-0.39, 0.29) is 38.7 Å². The third-order valence-electron chi connectivity index (χ3n) is 18.3. The van der Waals surface area contributed by atoms with Crippen LogP contribution in [0.5, 0.6) is 23.0 Å². The number of halogens is 14. The molecule has 9 aromatic carbocycles. The molecule has 0 radical (unpaired) electrons. The van der Waals surface area contributed by atoms with E-state index >= 15 is 0 Å². The number of aryl methyl sites for hydroxylation is 4. The first kappa shape index (κ1) is 83.8. The average Bonchev–Trinajstić information content (AvgIpc) is 1.60. The zero-order chi connectivity index (χ0) is 80.0. The molecule has 0 aromatic heterocycles. The fourth-order valence-corrected chi connectivity index (χ4v) is 13.3. The van der Waals surface area contributed by atoms with Gasteiger partial charge in [0.2, 0.25) is 0 Å². The minimum atomic E-state index is -4.53. The van der Waals surface area contributed by atoms with Crippen molar-refractivity contribution < 1.29 is 96.5 Å². The number of benzene rings is 9. The Morgan fingerprint density at radius 3 is 1.27 bits per heavy atom. The number of ether oxygens (including phenoxy) is 4. The Kier molecular flexibility index (Phi) is 27.8. The minimum Gasteiger partial charge on any atom is -0.497 e. The molecule has 4 heterocycles. The van der Waals surface area contributed by atoms with Crippen LogP contribution in [0.15, 0.2) is 164 Å². The lowest BCUT2D eigenvalue weighted by atomic mass is 10.0. The van der Waals surface area contributed by atoms with Crippen molar-refractivity contribution in [3.63, 3.8) is 0 Å². The van der Waals surface area contributed by atoms with E-state index in [9.17, 15) is 67.4 Å². The van der Waals surface area contributed by atoms with Gasteiger partial charge in [0, 0.05) is 113 Å². The summed E-state index contributed by atoms with van der Waals surface area (Å²) < 4.78 is 175. The van der Waals surface area contributed by atoms with E-state index in [0.717, 1.165) is 101 Å². The van der Waals surface area contributed by atoms with Crippen LogP contribution in [0.1, 0.15) is 95.5 Å². The van der Waals surface area contributed by atoms with Crippen LogP contribution in [-0.2, 0) is 66.5 Å². The summed E-state index contributed by atoms with van der Waals surface area (Å²) in [5, 5.41) is 40.5. The number of nitrogens with zero attached hydrogens (tertiary/aromatic N) is 2. The SMILES string of the molecule is COc1cc(NC(C(=O)N2CCc3c(C)cc(C(F)(F)F)cc32)c2ccc(Cl)cc2)cc(OCCO)c1.COc1cc(NC(C(=O)O)c2ccc(Cl)cc2)cc(OCCO)c1.Cc1cc(C(F)(F)F)cc2c1CCN2.Cc1cc(C(F)(F)F)cc2c1CCN2.Cc1cc(C(F)(F)F)cc2c1CCN2Cc1ccccc1. The first-order valence-corrected chi connectivity index (χ1v) is 35.3. The number of amides is 1. The molecule has 4 aliphatic heterocycles. The molecule has 4 aliphatic rings. The lowest BCUT2D eigenvalue weighted by Gasteiger charge is -2.27. The van der Waals surface area contributed by atoms with Gasteiger partial charge in [-0.2, -0.15) is 52.7 Å². The summed E-state index contributed by atoms with van der Waals surface area (Å²) in [6.07, 6.45) is -14.4. The van der Waals surface area contributed by atoms with Crippen LogP contribution in [0.2, 0.25) is 10.0 Å². The normalized spacial score (nSPS) is 13.8. The number of anilines is 6. The maximum absolute atomic E-state index is 13.9. The van der Waals surface area contributed by atoms with Gasteiger partial charge in [0.25, 0.3) is 5.91 Å². The number of hydrogen-bond donors (Lipinski definition) is 7. The summed E-state index contributed by atoms with van der Waals surface area (Å²) in [5.74, 6) is 0.394. The third-order valence-corrected chi connectivity index (χ3v) is 18.8. The highest BCUT2D eigenvalue weighted by molar-refractivity contribution is 6.30. The Balaban J connectivity index is 0.000000166. The Bertz CT molecular complexity index is 4590. The lowest BCUT2D eigenvalue weighted by molar-refractivity contribution is -0.138. The van der Waals surface area contributed by atoms with Gasteiger partial charge in [-0.05, 0) is 187 Å². The highest BCUT2D eigenvalue weighted by Gasteiger charge is 2.39. The van der Waals surface area contributed by atoms with Gasteiger partial charge < -0.3 is 65.3 Å². The van der Waals surface area contributed by atoms with Crippen molar-refractivity contribution in [3.05, 3.63) is 257 Å². The number of carbonyl (C=O) groups is 2. The van der Waals surface area contributed by atoms with E-state index in [1.54, 1.807) is 113 Å². The summed E-state index contributed by atoms with van der Waals surface area (Å²) in [6.45, 7) is 9.87. The van der Waals surface area contributed by atoms with Crippen molar-refractivity contribution in [1.82, 2.24) is 0 Å².